The molecule has 0 heterocycles. The molecule has 0 saturated carbocycles. The van der Waals surface area contributed by atoms with Gasteiger partial charge in [-0.05, 0) is 23.6 Å². The molecule has 28 heavy (non-hydrogen) atoms. The maximum Gasteiger partial charge on any atom is 0.325 e. The first-order valence-electron chi connectivity index (χ1n) is 9.29. The number of rotatable bonds is 7. The molecule has 0 aliphatic carbocycles. The summed E-state index contributed by atoms with van der Waals surface area (Å²) in [6.07, 6.45) is -0.942. The van der Waals surface area contributed by atoms with E-state index in [0.29, 0.717) is 0 Å². The van der Waals surface area contributed by atoms with E-state index >= 15 is 0 Å². The van der Waals surface area contributed by atoms with Crippen LogP contribution < -0.4 is 5.32 Å². The van der Waals surface area contributed by atoms with Gasteiger partial charge in [0.2, 0.25) is 0 Å². The van der Waals surface area contributed by atoms with Gasteiger partial charge in [0, 0.05) is 0 Å². The molecule has 144 valence electrons. The third kappa shape index (κ3) is 3.84. The molecule has 0 aliphatic heterocycles. The molecular weight excluding hydrogens is 350 g/mol. The van der Waals surface area contributed by atoms with Gasteiger partial charge >= 0.3 is 5.97 Å². The van der Waals surface area contributed by atoms with Crippen molar-refractivity contribution in [1.29, 1.82) is 0 Å². The molecule has 3 aromatic rings. The summed E-state index contributed by atoms with van der Waals surface area (Å²) in [5, 5.41) is 13.8. The molecule has 3 rings (SSSR count). The molecule has 0 fully saturated rings. The van der Waals surface area contributed by atoms with Crippen LogP contribution in [0, 0.1) is 0 Å². The Bertz CT molecular complexity index is 783. The number of esters is 1. The van der Waals surface area contributed by atoms with E-state index in [4.69, 9.17) is 4.74 Å². The summed E-state index contributed by atoms with van der Waals surface area (Å²) in [5.74, 6) is -0.512. The Morgan fingerprint density at radius 1 is 0.821 bits per heavy atom. The second-order valence-corrected chi connectivity index (χ2v) is 6.73. The van der Waals surface area contributed by atoms with Gasteiger partial charge in [-0.15, -0.1) is 0 Å². The van der Waals surface area contributed by atoms with Gasteiger partial charge in [-0.3, -0.25) is 10.1 Å². The van der Waals surface area contributed by atoms with Crippen molar-refractivity contribution < 1.29 is 14.6 Å². The van der Waals surface area contributed by atoms with Crippen molar-refractivity contribution in [2.24, 2.45) is 0 Å². The number of carbonyl (C=O) groups is 1. The van der Waals surface area contributed by atoms with E-state index in [1.165, 1.54) is 7.11 Å². The summed E-state index contributed by atoms with van der Waals surface area (Å²) in [4.78, 5) is 12.5. The minimum atomic E-state index is -0.942. The maximum absolute atomic E-state index is 12.5. The van der Waals surface area contributed by atoms with E-state index in [9.17, 15) is 9.90 Å². The molecule has 2 N–H and O–H groups in total. The van der Waals surface area contributed by atoms with E-state index in [1.807, 2.05) is 91.0 Å². The number of benzene rings is 3. The van der Waals surface area contributed by atoms with Crippen molar-refractivity contribution in [2.45, 2.75) is 24.6 Å². The van der Waals surface area contributed by atoms with Crippen LogP contribution in [-0.4, -0.2) is 30.3 Å². The quantitative estimate of drug-likeness (QED) is 0.490. The first-order chi connectivity index (χ1) is 13.6. The molecular formula is C24H25NO3. The van der Waals surface area contributed by atoms with E-state index in [1.54, 1.807) is 6.92 Å². The zero-order valence-corrected chi connectivity index (χ0v) is 16.1. The summed E-state index contributed by atoms with van der Waals surface area (Å²) in [7, 11) is 1.33. The zero-order chi connectivity index (χ0) is 20.0. The highest BCUT2D eigenvalue weighted by molar-refractivity contribution is 5.77. The number of aliphatic hydroxyl groups is 1. The van der Waals surface area contributed by atoms with Crippen LogP contribution in [0.4, 0.5) is 0 Å². The van der Waals surface area contributed by atoms with Gasteiger partial charge < -0.3 is 9.84 Å². The molecule has 2 atom stereocenters. The zero-order valence-electron chi connectivity index (χ0n) is 16.1. The number of nitrogens with one attached hydrogen (secondary N) is 1. The summed E-state index contributed by atoms with van der Waals surface area (Å²) in [6, 6.07) is 28.8. The smallest absolute Gasteiger partial charge is 0.325 e. The Hall–Kier alpha value is -2.95. The lowest BCUT2D eigenvalue weighted by Crippen LogP contribution is -2.56. The van der Waals surface area contributed by atoms with Crippen LogP contribution in [0.1, 0.15) is 23.6 Å². The SMILES string of the molecule is COC(=O)C(NC(c1ccccc1)(c1ccccc1)c1ccccc1)C(C)O. The van der Waals surface area contributed by atoms with Gasteiger partial charge in [0.05, 0.1) is 18.8 Å². The van der Waals surface area contributed by atoms with Crippen LogP contribution in [-0.2, 0) is 15.1 Å². The monoisotopic (exact) mass is 375 g/mol. The fourth-order valence-corrected chi connectivity index (χ4v) is 3.55. The number of aliphatic hydroxyl groups excluding tert-OH is 1. The first-order valence-corrected chi connectivity index (χ1v) is 9.29. The average molecular weight is 375 g/mol. The van der Waals surface area contributed by atoms with Crippen molar-refractivity contribution in [3.8, 4) is 0 Å². The van der Waals surface area contributed by atoms with E-state index < -0.39 is 23.7 Å². The predicted octanol–water partition coefficient (Wildman–Crippen LogP) is 3.49. The van der Waals surface area contributed by atoms with Gasteiger partial charge in [0.1, 0.15) is 6.04 Å². The molecule has 0 aromatic heterocycles. The van der Waals surface area contributed by atoms with Gasteiger partial charge in [-0.1, -0.05) is 91.0 Å². The second kappa shape index (κ2) is 8.83. The fraction of sp³-hybridized carbons (Fsp3) is 0.208. The molecule has 0 radical (unpaired) electrons. The van der Waals surface area contributed by atoms with Crippen LogP contribution in [0.3, 0.4) is 0 Å². The lowest BCUT2D eigenvalue weighted by atomic mass is 9.76. The minimum absolute atomic E-state index is 0.512. The summed E-state index contributed by atoms with van der Waals surface area (Å²) < 4.78 is 4.97. The number of methoxy groups -OCH3 is 1. The van der Waals surface area contributed by atoms with Crippen molar-refractivity contribution in [2.75, 3.05) is 7.11 Å². The fourth-order valence-electron chi connectivity index (χ4n) is 3.55. The Morgan fingerprint density at radius 2 is 1.18 bits per heavy atom. The van der Waals surface area contributed by atoms with Crippen molar-refractivity contribution >= 4 is 5.97 Å². The van der Waals surface area contributed by atoms with Crippen LogP contribution in [0.5, 0.6) is 0 Å². The Kier molecular flexibility index (Phi) is 6.24. The Morgan fingerprint density at radius 3 is 1.46 bits per heavy atom. The summed E-state index contributed by atoms with van der Waals surface area (Å²) >= 11 is 0. The Labute approximate surface area is 165 Å². The number of carbonyl (C=O) groups excluding carboxylic acids is 1. The molecule has 0 aliphatic rings. The predicted molar refractivity (Wildman–Crippen MR) is 110 cm³/mol. The summed E-state index contributed by atoms with van der Waals surface area (Å²) in [5.41, 5.74) is 2.03. The highest BCUT2D eigenvalue weighted by Crippen LogP contribution is 2.37. The molecule has 0 amide bonds. The van der Waals surface area contributed by atoms with Gasteiger partial charge in [0.25, 0.3) is 0 Å². The normalized spacial score (nSPS) is 13.5. The standard InChI is InChI=1S/C24H25NO3/c1-18(26)22(23(27)28-2)25-24(19-12-6-3-7-13-19,20-14-8-4-9-15-20)21-16-10-5-11-17-21/h3-18,22,25-26H,1-2H3. The first kappa shape index (κ1) is 19.8. The molecule has 3 aromatic carbocycles. The van der Waals surface area contributed by atoms with E-state index in [-0.39, 0.29) is 0 Å². The highest BCUT2D eigenvalue weighted by Gasteiger charge is 2.41. The van der Waals surface area contributed by atoms with Crippen LogP contribution in [0.25, 0.3) is 0 Å². The van der Waals surface area contributed by atoms with Crippen molar-refractivity contribution in [3.63, 3.8) is 0 Å². The molecule has 0 saturated heterocycles. The van der Waals surface area contributed by atoms with E-state index in [2.05, 4.69) is 5.32 Å². The topological polar surface area (TPSA) is 58.6 Å². The van der Waals surface area contributed by atoms with Gasteiger partial charge in [-0.25, -0.2) is 0 Å². The van der Waals surface area contributed by atoms with E-state index in [0.717, 1.165) is 16.7 Å². The number of hydrogen-bond acceptors (Lipinski definition) is 4. The third-order valence-corrected chi connectivity index (χ3v) is 4.93. The van der Waals surface area contributed by atoms with Gasteiger partial charge in [0.15, 0.2) is 0 Å². The Balaban J connectivity index is 2.29. The molecule has 0 spiro atoms. The van der Waals surface area contributed by atoms with Crippen LogP contribution >= 0.6 is 0 Å². The molecule has 0 bridgehead atoms. The summed E-state index contributed by atoms with van der Waals surface area (Å²) in [6.45, 7) is 1.58. The number of hydrogen-bond donors (Lipinski definition) is 2. The largest absolute Gasteiger partial charge is 0.468 e. The average Bonchev–Trinajstić information content (AvgIpc) is 2.76. The van der Waals surface area contributed by atoms with Gasteiger partial charge in [-0.2, -0.15) is 0 Å². The second-order valence-electron chi connectivity index (χ2n) is 6.73. The minimum Gasteiger partial charge on any atom is -0.468 e. The van der Waals surface area contributed by atoms with Crippen LogP contribution in [0.15, 0.2) is 91.0 Å². The lowest BCUT2D eigenvalue weighted by Gasteiger charge is -2.40. The van der Waals surface area contributed by atoms with Crippen molar-refractivity contribution in [3.05, 3.63) is 108 Å². The molecule has 2 unspecified atom stereocenters. The third-order valence-electron chi connectivity index (χ3n) is 4.93. The maximum atomic E-state index is 12.5. The van der Waals surface area contributed by atoms with Crippen molar-refractivity contribution in [1.82, 2.24) is 5.32 Å². The molecule has 4 heteroatoms. The lowest BCUT2D eigenvalue weighted by molar-refractivity contribution is -0.146. The number of ether oxygens (including phenoxy) is 1. The highest BCUT2D eigenvalue weighted by atomic mass is 16.5. The van der Waals surface area contributed by atoms with Crippen LogP contribution in [0.2, 0.25) is 0 Å². The molecule has 4 nitrogen and oxygen atoms in total.